The lowest BCUT2D eigenvalue weighted by Gasteiger charge is -2.31. The van der Waals surface area contributed by atoms with E-state index in [9.17, 15) is 18.0 Å². The molecule has 5 rings (SSSR count). The number of benzene rings is 3. The molecule has 1 saturated heterocycles. The molecule has 1 aliphatic rings. The van der Waals surface area contributed by atoms with Crippen LogP contribution in [0, 0.1) is 6.92 Å². The number of para-hydroxylation sites is 2. The summed E-state index contributed by atoms with van der Waals surface area (Å²) in [6.45, 7) is 5.48. The minimum Gasteiger partial charge on any atom is -0.436 e. The normalized spacial score (nSPS) is 17.2. The van der Waals surface area contributed by atoms with Gasteiger partial charge < -0.3 is 4.42 Å². The molecule has 8 nitrogen and oxygen atoms in total. The minimum atomic E-state index is -4.02. The number of nitrogens with zero attached hydrogens (tertiary/aromatic N) is 3. The molecule has 1 aliphatic heterocycles. The van der Waals surface area contributed by atoms with Crippen LogP contribution in [0.2, 0.25) is 0 Å². The van der Waals surface area contributed by atoms with Crippen molar-refractivity contribution in [3.63, 3.8) is 0 Å². The maximum atomic E-state index is 13.6. The summed E-state index contributed by atoms with van der Waals surface area (Å²) in [5, 5.41) is 0. The van der Waals surface area contributed by atoms with Crippen LogP contribution in [-0.2, 0) is 19.6 Å². The lowest BCUT2D eigenvalue weighted by atomic mass is 10.2. The van der Waals surface area contributed by atoms with E-state index in [1.165, 1.54) is 16.4 Å². The number of hydrogen-bond acceptors (Lipinski definition) is 6. The predicted octanol–water partition coefficient (Wildman–Crippen LogP) is 4.92. The Kier molecular flexibility index (Phi) is 6.43. The molecule has 2 amide bonds. The molecule has 2 atom stereocenters. The van der Waals surface area contributed by atoms with Gasteiger partial charge in [-0.05, 0) is 68.8 Å². The number of oxazole rings is 1. The standard InChI is InChI=1S/C28H27N3O5S/c1-4-19(3)31(37(34,35)22-15-9-18(2)10-16-22)24-17-26(32)30(28(24)33)21-13-11-20(12-14-21)27-29-23-7-5-6-8-25(23)36-27/h5-16,19,24H,4,17H2,1-3H3. The van der Waals surface area contributed by atoms with Gasteiger partial charge in [-0.15, -0.1) is 0 Å². The first-order valence-corrected chi connectivity index (χ1v) is 13.6. The Morgan fingerprint density at radius 1 is 1.03 bits per heavy atom. The fourth-order valence-electron chi connectivity index (χ4n) is 4.56. The van der Waals surface area contributed by atoms with Crippen molar-refractivity contribution in [3.8, 4) is 11.5 Å². The first kappa shape index (κ1) is 24.9. The van der Waals surface area contributed by atoms with E-state index >= 15 is 0 Å². The number of sulfonamides is 1. The highest BCUT2D eigenvalue weighted by atomic mass is 32.2. The molecule has 4 aromatic rings. The monoisotopic (exact) mass is 517 g/mol. The molecule has 0 radical (unpaired) electrons. The fraction of sp³-hybridized carbons (Fsp3) is 0.250. The topological polar surface area (TPSA) is 101 Å². The van der Waals surface area contributed by atoms with Crippen molar-refractivity contribution >= 4 is 38.6 Å². The largest absolute Gasteiger partial charge is 0.436 e. The number of fused-ring (bicyclic) bond motifs is 1. The maximum absolute atomic E-state index is 13.6. The molecule has 1 fully saturated rings. The third-order valence-electron chi connectivity index (χ3n) is 6.72. The number of rotatable bonds is 7. The smallest absolute Gasteiger partial charge is 0.252 e. The number of anilines is 1. The minimum absolute atomic E-state index is 0.0970. The molecular weight excluding hydrogens is 490 g/mol. The number of imide groups is 1. The van der Waals surface area contributed by atoms with Gasteiger partial charge in [0.25, 0.3) is 5.91 Å². The van der Waals surface area contributed by atoms with E-state index in [1.807, 2.05) is 38.1 Å². The van der Waals surface area contributed by atoms with Crippen LogP contribution < -0.4 is 4.90 Å². The summed E-state index contributed by atoms with van der Waals surface area (Å²) in [7, 11) is -4.02. The van der Waals surface area contributed by atoms with Gasteiger partial charge in [-0.3, -0.25) is 9.59 Å². The molecule has 2 unspecified atom stereocenters. The van der Waals surface area contributed by atoms with E-state index in [1.54, 1.807) is 43.3 Å². The first-order chi connectivity index (χ1) is 17.7. The second-order valence-corrected chi connectivity index (χ2v) is 11.1. The van der Waals surface area contributed by atoms with Crippen molar-refractivity contribution in [1.29, 1.82) is 0 Å². The van der Waals surface area contributed by atoms with Crippen LogP contribution in [-0.4, -0.2) is 41.6 Å². The Hall–Kier alpha value is -3.82. The van der Waals surface area contributed by atoms with Crippen LogP contribution in [0.1, 0.15) is 32.3 Å². The SMILES string of the molecule is CCC(C)N(C1CC(=O)N(c2ccc(-c3nc4ccccc4o3)cc2)C1=O)S(=O)(=O)c1ccc(C)cc1. The summed E-state index contributed by atoms with van der Waals surface area (Å²) in [5.74, 6) is -0.579. The van der Waals surface area contributed by atoms with Gasteiger partial charge in [0, 0.05) is 11.6 Å². The van der Waals surface area contributed by atoms with Crippen LogP contribution in [0.3, 0.4) is 0 Å². The van der Waals surface area contributed by atoms with Gasteiger partial charge in [-0.1, -0.05) is 36.8 Å². The fourth-order valence-corrected chi connectivity index (χ4v) is 6.40. The van der Waals surface area contributed by atoms with Crippen molar-refractivity contribution in [2.24, 2.45) is 0 Å². The molecule has 0 spiro atoms. The number of carbonyl (C=O) groups excluding carboxylic acids is 2. The first-order valence-electron chi connectivity index (χ1n) is 12.1. The average Bonchev–Trinajstić information content (AvgIpc) is 3.45. The van der Waals surface area contributed by atoms with Crippen LogP contribution in [0.15, 0.2) is 82.1 Å². The number of amides is 2. The summed E-state index contributed by atoms with van der Waals surface area (Å²) in [6, 6.07) is 19.1. The zero-order chi connectivity index (χ0) is 26.3. The van der Waals surface area contributed by atoms with Crippen LogP contribution in [0.25, 0.3) is 22.6 Å². The van der Waals surface area contributed by atoms with Gasteiger partial charge in [-0.25, -0.2) is 18.3 Å². The van der Waals surface area contributed by atoms with E-state index in [4.69, 9.17) is 4.42 Å². The van der Waals surface area contributed by atoms with Crippen molar-refractivity contribution in [2.75, 3.05) is 4.90 Å². The summed E-state index contributed by atoms with van der Waals surface area (Å²) in [4.78, 5) is 32.2. The molecule has 9 heteroatoms. The lowest BCUT2D eigenvalue weighted by molar-refractivity contribution is -0.122. The Balaban J connectivity index is 1.45. The van der Waals surface area contributed by atoms with Gasteiger partial charge in [0.2, 0.25) is 21.8 Å². The Morgan fingerprint density at radius 2 is 1.70 bits per heavy atom. The maximum Gasteiger partial charge on any atom is 0.252 e. The highest BCUT2D eigenvalue weighted by Gasteiger charge is 2.48. The van der Waals surface area contributed by atoms with Crippen molar-refractivity contribution in [1.82, 2.24) is 9.29 Å². The summed E-state index contributed by atoms with van der Waals surface area (Å²) in [6.07, 6.45) is 0.267. The molecular formula is C28H27N3O5S. The predicted molar refractivity (Wildman–Crippen MR) is 140 cm³/mol. The molecule has 0 aliphatic carbocycles. The molecule has 2 heterocycles. The molecule has 0 saturated carbocycles. The Bertz CT molecular complexity index is 1540. The van der Waals surface area contributed by atoms with E-state index < -0.39 is 33.9 Å². The number of aryl methyl sites for hydroxylation is 1. The number of aromatic nitrogens is 1. The Labute approximate surface area is 215 Å². The number of hydrogen-bond donors (Lipinski definition) is 0. The van der Waals surface area contributed by atoms with E-state index in [0.717, 1.165) is 16.0 Å². The third kappa shape index (κ3) is 4.45. The van der Waals surface area contributed by atoms with Crippen molar-refractivity contribution < 1.29 is 22.4 Å². The molecule has 0 N–H and O–H groups in total. The summed E-state index contributed by atoms with van der Waals surface area (Å²) in [5.41, 5.74) is 3.38. The van der Waals surface area contributed by atoms with Crippen LogP contribution in [0.4, 0.5) is 5.69 Å². The molecule has 1 aromatic heterocycles. The zero-order valence-corrected chi connectivity index (χ0v) is 21.6. The highest BCUT2D eigenvalue weighted by Crippen LogP contribution is 2.33. The van der Waals surface area contributed by atoms with Crippen molar-refractivity contribution in [3.05, 3.63) is 78.4 Å². The van der Waals surface area contributed by atoms with E-state index in [-0.39, 0.29) is 11.3 Å². The van der Waals surface area contributed by atoms with Gasteiger partial charge >= 0.3 is 0 Å². The van der Waals surface area contributed by atoms with Crippen LogP contribution >= 0.6 is 0 Å². The van der Waals surface area contributed by atoms with Gasteiger partial charge in [0.1, 0.15) is 11.6 Å². The molecule has 37 heavy (non-hydrogen) atoms. The van der Waals surface area contributed by atoms with Gasteiger partial charge in [0.05, 0.1) is 17.0 Å². The lowest BCUT2D eigenvalue weighted by Crippen LogP contribution is -2.49. The summed E-state index contributed by atoms with van der Waals surface area (Å²) < 4.78 is 34.3. The Morgan fingerprint density at radius 3 is 2.35 bits per heavy atom. The zero-order valence-electron chi connectivity index (χ0n) is 20.8. The molecule has 3 aromatic carbocycles. The average molecular weight is 518 g/mol. The third-order valence-corrected chi connectivity index (χ3v) is 8.76. The van der Waals surface area contributed by atoms with Crippen molar-refractivity contribution in [2.45, 2.75) is 50.6 Å². The van der Waals surface area contributed by atoms with Crippen LogP contribution in [0.5, 0.6) is 0 Å². The quantitative estimate of drug-likeness (QED) is 0.323. The van der Waals surface area contributed by atoms with E-state index in [0.29, 0.717) is 29.1 Å². The second kappa shape index (κ2) is 9.57. The molecule has 0 bridgehead atoms. The number of carbonyl (C=O) groups is 2. The summed E-state index contributed by atoms with van der Waals surface area (Å²) >= 11 is 0. The van der Waals surface area contributed by atoms with E-state index in [2.05, 4.69) is 4.98 Å². The molecule has 190 valence electrons. The van der Waals surface area contributed by atoms with Gasteiger partial charge in [0.15, 0.2) is 5.58 Å². The van der Waals surface area contributed by atoms with Gasteiger partial charge in [-0.2, -0.15) is 4.31 Å². The highest BCUT2D eigenvalue weighted by molar-refractivity contribution is 7.89. The second-order valence-electron chi connectivity index (χ2n) is 9.23.